The Morgan fingerprint density at radius 1 is 1.30 bits per heavy atom. The molecule has 0 aliphatic rings. The molecule has 1 rings (SSSR count). The molecule has 0 bridgehead atoms. The molecule has 0 heterocycles. The fourth-order valence-corrected chi connectivity index (χ4v) is 1.76. The minimum atomic E-state index is -1.04. The predicted octanol–water partition coefficient (Wildman–Crippen LogP) is 2.27. The molecule has 1 aromatic rings. The number of nitrogens with one attached hydrogen (secondary N) is 1. The van der Waals surface area contributed by atoms with Crippen molar-refractivity contribution >= 4 is 11.9 Å². The van der Waals surface area contributed by atoms with E-state index in [4.69, 9.17) is 5.11 Å². The summed E-state index contributed by atoms with van der Waals surface area (Å²) in [6, 6.07) is 3.65. The third kappa shape index (κ3) is 4.95. The molecule has 6 heteroatoms. The van der Waals surface area contributed by atoms with Crippen molar-refractivity contribution in [1.29, 1.82) is 0 Å². The lowest BCUT2D eigenvalue weighted by atomic mass is 9.97. The number of benzene rings is 1. The summed E-state index contributed by atoms with van der Waals surface area (Å²) in [5.74, 6) is -3.47. The Morgan fingerprint density at radius 2 is 1.95 bits per heavy atom. The lowest BCUT2D eigenvalue weighted by molar-refractivity contribution is -0.137. The van der Waals surface area contributed by atoms with Crippen LogP contribution in [0.1, 0.15) is 32.3 Å². The summed E-state index contributed by atoms with van der Waals surface area (Å²) in [6.07, 6.45) is -0.124. The molecule has 0 saturated heterocycles. The summed E-state index contributed by atoms with van der Waals surface area (Å²) in [6.45, 7) is 3.35. The fourth-order valence-electron chi connectivity index (χ4n) is 1.76. The largest absolute Gasteiger partial charge is 0.481 e. The lowest BCUT2D eigenvalue weighted by Crippen LogP contribution is -2.44. The van der Waals surface area contributed by atoms with Crippen molar-refractivity contribution in [3.05, 3.63) is 35.4 Å². The molecule has 1 amide bonds. The van der Waals surface area contributed by atoms with E-state index in [1.54, 1.807) is 13.8 Å². The number of amides is 1. The second-order valence-corrected chi connectivity index (χ2v) is 5.22. The number of halogens is 2. The number of hydrogen-bond acceptors (Lipinski definition) is 2. The molecule has 0 atom stereocenters. The maximum Gasteiger partial charge on any atom is 0.303 e. The molecule has 2 N–H and O–H groups in total. The molecule has 0 aliphatic carbocycles. The van der Waals surface area contributed by atoms with Gasteiger partial charge in [0.1, 0.15) is 0 Å². The molecule has 110 valence electrons. The lowest BCUT2D eigenvalue weighted by Gasteiger charge is -2.25. The number of carbonyl (C=O) groups excluding carboxylic acids is 1. The molecular weight excluding hydrogens is 268 g/mol. The van der Waals surface area contributed by atoms with Crippen molar-refractivity contribution < 1.29 is 23.5 Å². The van der Waals surface area contributed by atoms with E-state index < -0.39 is 29.0 Å². The molecule has 4 nitrogen and oxygen atoms in total. The van der Waals surface area contributed by atoms with Gasteiger partial charge in [0.05, 0.1) is 6.42 Å². The Morgan fingerprint density at radius 3 is 2.55 bits per heavy atom. The van der Waals surface area contributed by atoms with Crippen molar-refractivity contribution in [2.45, 2.75) is 38.6 Å². The summed E-state index contributed by atoms with van der Waals surface area (Å²) in [5, 5.41) is 11.2. The molecule has 0 saturated carbocycles. The Balaban J connectivity index is 2.63. The Kier molecular flexibility index (Phi) is 5.19. The third-order valence-electron chi connectivity index (χ3n) is 2.82. The van der Waals surface area contributed by atoms with Gasteiger partial charge in [-0.05, 0) is 26.3 Å². The third-order valence-corrected chi connectivity index (χ3v) is 2.82. The molecule has 0 unspecified atom stereocenters. The first-order valence-electron chi connectivity index (χ1n) is 6.17. The summed E-state index contributed by atoms with van der Waals surface area (Å²) in [5.41, 5.74) is -0.754. The van der Waals surface area contributed by atoms with Gasteiger partial charge in [-0.3, -0.25) is 9.59 Å². The second kappa shape index (κ2) is 6.45. The second-order valence-electron chi connectivity index (χ2n) is 5.22. The van der Waals surface area contributed by atoms with E-state index >= 15 is 0 Å². The van der Waals surface area contributed by atoms with Crippen LogP contribution >= 0.6 is 0 Å². The Hall–Kier alpha value is -1.98. The summed E-state index contributed by atoms with van der Waals surface area (Å²) in [7, 11) is 0. The first kappa shape index (κ1) is 16.1. The van der Waals surface area contributed by atoms with Crippen LogP contribution in [0.4, 0.5) is 8.78 Å². The van der Waals surface area contributed by atoms with Crippen LogP contribution in [0.15, 0.2) is 18.2 Å². The number of hydrogen-bond donors (Lipinski definition) is 2. The average molecular weight is 285 g/mol. The topological polar surface area (TPSA) is 66.4 Å². The van der Waals surface area contributed by atoms with Gasteiger partial charge in [0.15, 0.2) is 11.6 Å². The number of carboxylic acids is 1. The van der Waals surface area contributed by atoms with Crippen LogP contribution in [0.25, 0.3) is 0 Å². The van der Waals surface area contributed by atoms with E-state index in [9.17, 15) is 18.4 Å². The highest BCUT2D eigenvalue weighted by molar-refractivity contribution is 5.79. The number of rotatable bonds is 6. The first-order valence-corrected chi connectivity index (χ1v) is 6.17. The zero-order valence-corrected chi connectivity index (χ0v) is 11.4. The van der Waals surface area contributed by atoms with Crippen molar-refractivity contribution in [2.75, 3.05) is 0 Å². The minimum Gasteiger partial charge on any atom is -0.481 e. The van der Waals surface area contributed by atoms with Crippen LogP contribution in [0.3, 0.4) is 0 Å². The van der Waals surface area contributed by atoms with Gasteiger partial charge in [0, 0.05) is 17.5 Å². The van der Waals surface area contributed by atoms with Crippen molar-refractivity contribution in [3.8, 4) is 0 Å². The van der Waals surface area contributed by atoms with Crippen LogP contribution in [0.5, 0.6) is 0 Å². The quantitative estimate of drug-likeness (QED) is 0.842. The Labute approximate surface area is 115 Å². The average Bonchev–Trinajstić information content (AvgIpc) is 2.32. The van der Waals surface area contributed by atoms with Crippen LogP contribution in [0, 0.1) is 11.6 Å². The SMILES string of the molecule is CC(C)(CCC(=O)O)NC(=O)Cc1cccc(F)c1F. The van der Waals surface area contributed by atoms with E-state index in [1.165, 1.54) is 12.1 Å². The first-order chi connectivity index (χ1) is 9.21. The summed E-state index contributed by atoms with van der Waals surface area (Å²) < 4.78 is 26.4. The summed E-state index contributed by atoms with van der Waals surface area (Å²) >= 11 is 0. The smallest absolute Gasteiger partial charge is 0.303 e. The van der Waals surface area contributed by atoms with Crippen molar-refractivity contribution in [1.82, 2.24) is 5.32 Å². The van der Waals surface area contributed by atoms with E-state index in [2.05, 4.69) is 5.32 Å². The summed E-state index contributed by atoms with van der Waals surface area (Å²) in [4.78, 5) is 22.3. The van der Waals surface area contributed by atoms with Crippen LogP contribution in [0.2, 0.25) is 0 Å². The highest BCUT2D eigenvalue weighted by Crippen LogP contribution is 2.14. The zero-order valence-electron chi connectivity index (χ0n) is 11.4. The predicted molar refractivity (Wildman–Crippen MR) is 69.2 cm³/mol. The standard InChI is InChI=1S/C14H17F2NO3/c1-14(2,7-6-12(19)20)17-11(18)8-9-4-3-5-10(15)13(9)16/h3-5H,6-8H2,1-2H3,(H,17,18)(H,19,20). The van der Waals surface area contributed by atoms with E-state index in [-0.39, 0.29) is 24.8 Å². The van der Waals surface area contributed by atoms with Gasteiger partial charge in [0.2, 0.25) is 5.91 Å². The molecule has 0 aromatic heterocycles. The zero-order chi connectivity index (χ0) is 15.3. The molecule has 0 spiro atoms. The van der Waals surface area contributed by atoms with Gasteiger partial charge in [-0.1, -0.05) is 12.1 Å². The number of carboxylic acid groups (broad SMARTS) is 1. The molecule has 20 heavy (non-hydrogen) atoms. The van der Waals surface area contributed by atoms with Crippen molar-refractivity contribution in [3.63, 3.8) is 0 Å². The number of carbonyl (C=O) groups is 2. The van der Waals surface area contributed by atoms with Gasteiger partial charge >= 0.3 is 5.97 Å². The highest BCUT2D eigenvalue weighted by Gasteiger charge is 2.22. The van der Waals surface area contributed by atoms with Gasteiger partial charge in [-0.15, -0.1) is 0 Å². The minimum absolute atomic E-state index is 0.0310. The van der Waals surface area contributed by atoms with E-state index in [1.807, 2.05) is 0 Å². The maximum absolute atomic E-state index is 13.4. The maximum atomic E-state index is 13.4. The van der Waals surface area contributed by atoms with Gasteiger partial charge < -0.3 is 10.4 Å². The van der Waals surface area contributed by atoms with Crippen LogP contribution < -0.4 is 5.32 Å². The highest BCUT2D eigenvalue weighted by atomic mass is 19.2. The van der Waals surface area contributed by atoms with Crippen molar-refractivity contribution in [2.24, 2.45) is 0 Å². The molecule has 0 radical (unpaired) electrons. The molecule has 1 aromatic carbocycles. The fraction of sp³-hybridized carbons (Fsp3) is 0.429. The van der Waals surface area contributed by atoms with Gasteiger partial charge in [0.25, 0.3) is 0 Å². The normalized spacial score (nSPS) is 11.2. The molecule has 0 fully saturated rings. The molecule has 0 aliphatic heterocycles. The van der Waals surface area contributed by atoms with E-state index in [0.717, 1.165) is 6.07 Å². The monoisotopic (exact) mass is 285 g/mol. The Bertz CT molecular complexity index is 515. The van der Waals surface area contributed by atoms with Crippen LogP contribution in [-0.4, -0.2) is 22.5 Å². The number of aliphatic carboxylic acids is 1. The van der Waals surface area contributed by atoms with Gasteiger partial charge in [-0.25, -0.2) is 8.78 Å². The van der Waals surface area contributed by atoms with Crippen LogP contribution in [-0.2, 0) is 16.0 Å². The molecular formula is C14H17F2NO3. The van der Waals surface area contributed by atoms with E-state index in [0.29, 0.717) is 0 Å². The van der Waals surface area contributed by atoms with Gasteiger partial charge in [-0.2, -0.15) is 0 Å².